The summed E-state index contributed by atoms with van der Waals surface area (Å²) in [6.07, 6.45) is 0.936. The molecule has 1 atom stereocenters. The first-order valence-electron chi connectivity index (χ1n) is 7.96. The van der Waals surface area contributed by atoms with Gasteiger partial charge >= 0.3 is 0 Å². The van der Waals surface area contributed by atoms with E-state index < -0.39 is 0 Å². The maximum absolute atomic E-state index is 13.1. The van der Waals surface area contributed by atoms with Gasteiger partial charge in [0, 0.05) is 11.4 Å². The van der Waals surface area contributed by atoms with Crippen molar-refractivity contribution >= 4 is 28.6 Å². The highest BCUT2D eigenvalue weighted by atomic mass is 32.1. The number of nitrogens with zero attached hydrogens (tertiary/aromatic N) is 2. The molecule has 0 aromatic carbocycles. The van der Waals surface area contributed by atoms with E-state index in [9.17, 15) is 4.79 Å². The minimum Gasteiger partial charge on any atom is -0.459 e. The smallest absolute Gasteiger partial charge is 0.266 e. The van der Waals surface area contributed by atoms with Crippen LogP contribution in [0.15, 0.2) is 28.0 Å². The number of thiazole rings is 1. The van der Waals surface area contributed by atoms with Crippen LogP contribution in [0.2, 0.25) is 0 Å². The number of thiophene rings is 1. The Kier molecular flexibility index (Phi) is 3.81. The minimum absolute atomic E-state index is 0.0730. The second-order valence-electron chi connectivity index (χ2n) is 6.07. The van der Waals surface area contributed by atoms with E-state index in [0.29, 0.717) is 4.88 Å². The fourth-order valence-corrected chi connectivity index (χ4v) is 5.11. The van der Waals surface area contributed by atoms with Crippen molar-refractivity contribution in [3.63, 3.8) is 0 Å². The molecule has 0 radical (unpaired) electrons. The molecular formula is C18H18N2O2S2. The van der Waals surface area contributed by atoms with Crippen molar-refractivity contribution < 1.29 is 9.21 Å². The Bertz CT molecular complexity index is 906. The highest BCUT2D eigenvalue weighted by Crippen LogP contribution is 2.36. The van der Waals surface area contributed by atoms with Gasteiger partial charge in [-0.25, -0.2) is 4.98 Å². The molecule has 1 unspecified atom stereocenters. The average molecular weight is 358 g/mol. The Balaban J connectivity index is 1.65. The molecule has 1 aliphatic heterocycles. The van der Waals surface area contributed by atoms with Gasteiger partial charge < -0.3 is 9.32 Å². The van der Waals surface area contributed by atoms with Crippen molar-refractivity contribution in [1.29, 1.82) is 0 Å². The molecule has 124 valence electrons. The quantitative estimate of drug-likeness (QED) is 0.658. The topological polar surface area (TPSA) is 46.3 Å². The normalized spacial score (nSPS) is 17.1. The molecule has 0 spiro atoms. The van der Waals surface area contributed by atoms with Gasteiger partial charge in [-0.05, 0) is 56.3 Å². The second-order valence-corrected chi connectivity index (χ2v) is 8.07. The maximum Gasteiger partial charge on any atom is 0.266 e. The molecule has 1 amide bonds. The van der Waals surface area contributed by atoms with E-state index in [0.717, 1.165) is 35.2 Å². The summed E-state index contributed by atoms with van der Waals surface area (Å²) in [5.41, 5.74) is 2.06. The number of aromatic nitrogens is 1. The van der Waals surface area contributed by atoms with Crippen molar-refractivity contribution in [2.45, 2.75) is 33.2 Å². The summed E-state index contributed by atoms with van der Waals surface area (Å²) in [6.45, 7) is 6.67. The molecule has 0 fully saturated rings. The molecule has 1 aliphatic rings. The molecule has 24 heavy (non-hydrogen) atoms. The van der Waals surface area contributed by atoms with Crippen molar-refractivity contribution in [2.75, 3.05) is 6.54 Å². The van der Waals surface area contributed by atoms with Crippen molar-refractivity contribution in [1.82, 2.24) is 9.88 Å². The number of carbonyl (C=O) groups is 1. The number of furan rings is 1. The number of hydrogen-bond donors (Lipinski definition) is 0. The van der Waals surface area contributed by atoms with Gasteiger partial charge in [0.15, 0.2) is 10.8 Å². The summed E-state index contributed by atoms with van der Waals surface area (Å²) in [7, 11) is 0. The van der Waals surface area contributed by atoms with Gasteiger partial charge in [0.05, 0.1) is 11.7 Å². The molecule has 0 N–H and O–H groups in total. The molecule has 3 aromatic heterocycles. The highest BCUT2D eigenvalue weighted by molar-refractivity contribution is 7.17. The summed E-state index contributed by atoms with van der Waals surface area (Å²) in [6, 6.07) is 6.07. The zero-order valence-corrected chi connectivity index (χ0v) is 15.5. The van der Waals surface area contributed by atoms with Gasteiger partial charge in [-0.3, -0.25) is 4.79 Å². The van der Waals surface area contributed by atoms with Crippen molar-refractivity contribution in [3.8, 4) is 10.8 Å². The van der Waals surface area contributed by atoms with Crippen molar-refractivity contribution in [3.05, 3.63) is 50.4 Å². The SMILES string of the molecule is Cc1ccc(-c2nc(C)c(C(=O)N3CCc4sccc4C3C)s2)o1. The number of amides is 1. The van der Waals surface area contributed by atoms with Crippen LogP contribution in [0.5, 0.6) is 0 Å². The molecule has 0 saturated carbocycles. The fraction of sp³-hybridized carbons (Fsp3) is 0.333. The first-order chi connectivity index (χ1) is 11.5. The third-order valence-electron chi connectivity index (χ3n) is 4.48. The van der Waals surface area contributed by atoms with Crippen molar-refractivity contribution in [2.24, 2.45) is 0 Å². The van der Waals surface area contributed by atoms with Gasteiger partial charge in [0.25, 0.3) is 5.91 Å². The molecule has 4 heterocycles. The standard InChI is InChI=1S/C18H18N2O2S2/c1-10-4-5-14(22-10)17-19-11(2)16(24-17)18(21)20-8-6-15-13(12(20)3)7-9-23-15/h4-5,7,9,12H,6,8H2,1-3H3. The lowest BCUT2D eigenvalue weighted by Gasteiger charge is -2.33. The van der Waals surface area contributed by atoms with E-state index in [2.05, 4.69) is 23.4 Å². The Hall–Kier alpha value is -1.92. The largest absolute Gasteiger partial charge is 0.459 e. The Morgan fingerprint density at radius 1 is 1.33 bits per heavy atom. The van der Waals surface area contributed by atoms with E-state index in [1.807, 2.05) is 30.9 Å². The van der Waals surface area contributed by atoms with E-state index in [1.165, 1.54) is 21.8 Å². The lowest BCUT2D eigenvalue weighted by atomic mass is 10.0. The van der Waals surface area contributed by atoms with Crippen LogP contribution in [0.4, 0.5) is 0 Å². The van der Waals surface area contributed by atoms with Gasteiger partial charge in [0.1, 0.15) is 10.6 Å². The number of aryl methyl sites for hydroxylation is 2. The van der Waals surface area contributed by atoms with Crippen LogP contribution in [0.1, 0.15) is 44.5 Å². The van der Waals surface area contributed by atoms with Crippen LogP contribution in [0, 0.1) is 13.8 Å². The zero-order chi connectivity index (χ0) is 16.8. The fourth-order valence-electron chi connectivity index (χ4n) is 3.17. The van der Waals surface area contributed by atoms with Gasteiger partial charge in [-0.15, -0.1) is 22.7 Å². The van der Waals surface area contributed by atoms with E-state index in [-0.39, 0.29) is 11.9 Å². The van der Waals surface area contributed by atoms with Crippen LogP contribution >= 0.6 is 22.7 Å². The zero-order valence-electron chi connectivity index (χ0n) is 13.8. The number of rotatable bonds is 2. The lowest BCUT2D eigenvalue weighted by molar-refractivity contribution is 0.0683. The van der Waals surface area contributed by atoms with Gasteiger partial charge in [-0.2, -0.15) is 0 Å². The van der Waals surface area contributed by atoms with E-state index in [4.69, 9.17) is 4.42 Å². The van der Waals surface area contributed by atoms with E-state index in [1.54, 1.807) is 11.3 Å². The van der Waals surface area contributed by atoms with Crippen LogP contribution < -0.4 is 0 Å². The van der Waals surface area contributed by atoms with Crippen LogP contribution in [0.3, 0.4) is 0 Å². The summed E-state index contributed by atoms with van der Waals surface area (Å²) in [4.78, 5) is 21.7. The summed E-state index contributed by atoms with van der Waals surface area (Å²) >= 11 is 3.21. The van der Waals surface area contributed by atoms with Crippen LogP contribution in [-0.2, 0) is 6.42 Å². The number of carbonyl (C=O) groups excluding carboxylic acids is 1. The molecule has 6 heteroatoms. The Morgan fingerprint density at radius 3 is 2.92 bits per heavy atom. The Morgan fingerprint density at radius 2 is 2.17 bits per heavy atom. The van der Waals surface area contributed by atoms with Crippen LogP contribution in [-0.4, -0.2) is 22.3 Å². The van der Waals surface area contributed by atoms with Crippen LogP contribution in [0.25, 0.3) is 10.8 Å². The third kappa shape index (κ3) is 2.50. The monoisotopic (exact) mass is 358 g/mol. The highest BCUT2D eigenvalue weighted by Gasteiger charge is 2.31. The summed E-state index contributed by atoms with van der Waals surface area (Å²) in [5.74, 6) is 1.65. The van der Waals surface area contributed by atoms with Gasteiger partial charge in [-0.1, -0.05) is 0 Å². The summed E-state index contributed by atoms with van der Waals surface area (Å²) < 4.78 is 5.64. The Labute approximate surface area is 148 Å². The average Bonchev–Trinajstić information content (AvgIpc) is 3.26. The van der Waals surface area contributed by atoms with Gasteiger partial charge in [0.2, 0.25) is 0 Å². The third-order valence-corrected chi connectivity index (χ3v) is 6.64. The predicted octanol–water partition coefficient (Wildman–Crippen LogP) is 4.84. The first kappa shape index (κ1) is 15.6. The number of hydrogen-bond acceptors (Lipinski definition) is 5. The first-order valence-corrected chi connectivity index (χ1v) is 9.65. The minimum atomic E-state index is 0.0730. The molecule has 3 aromatic rings. The maximum atomic E-state index is 13.1. The molecular weight excluding hydrogens is 340 g/mol. The molecule has 4 rings (SSSR count). The predicted molar refractivity (Wildman–Crippen MR) is 96.8 cm³/mol. The second kappa shape index (κ2) is 5.86. The molecule has 0 bridgehead atoms. The molecule has 0 aliphatic carbocycles. The number of fused-ring (bicyclic) bond motifs is 1. The summed E-state index contributed by atoms with van der Waals surface area (Å²) in [5, 5.41) is 2.88. The lowest BCUT2D eigenvalue weighted by Crippen LogP contribution is -2.38. The molecule has 4 nitrogen and oxygen atoms in total. The van der Waals surface area contributed by atoms with E-state index >= 15 is 0 Å². The molecule has 0 saturated heterocycles.